The molecule has 0 aliphatic carbocycles. The number of carbonyl (C=O) groups excluding carboxylic acids is 1. The Hall–Kier alpha value is -2.83. The molecule has 7 heteroatoms. The maximum absolute atomic E-state index is 12.8. The molecule has 0 N–H and O–H groups in total. The minimum atomic E-state index is -0.00465. The van der Waals surface area contributed by atoms with Crippen LogP contribution in [0.2, 0.25) is 0 Å². The molecule has 25 heavy (non-hydrogen) atoms. The molecule has 1 aromatic carbocycles. The Labute approximate surface area is 147 Å². The van der Waals surface area contributed by atoms with E-state index in [0.717, 1.165) is 0 Å². The minimum absolute atomic E-state index is 0.00465. The average molecular weight is 342 g/mol. The van der Waals surface area contributed by atoms with Gasteiger partial charge in [-0.25, -0.2) is 9.97 Å². The first-order chi connectivity index (χ1) is 12.2. The lowest BCUT2D eigenvalue weighted by molar-refractivity contribution is 0.0746. The van der Waals surface area contributed by atoms with Crippen LogP contribution in [0.15, 0.2) is 36.7 Å². The molecule has 0 atom stereocenters. The van der Waals surface area contributed by atoms with Gasteiger partial charge in [0, 0.05) is 44.1 Å². The van der Waals surface area contributed by atoms with Crippen LogP contribution in [0, 0.1) is 0 Å². The van der Waals surface area contributed by atoms with Gasteiger partial charge >= 0.3 is 0 Å². The number of piperazine rings is 1. The third kappa shape index (κ3) is 3.81. The van der Waals surface area contributed by atoms with E-state index in [4.69, 9.17) is 9.47 Å². The first-order valence-corrected chi connectivity index (χ1v) is 8.35. The van der Waals surface area contributed by atoms with Gasteiger partial charge in [-0.15, -0.1) is 0 Å². The third-order valence-electron chi connectivity index (χ3n) is 4.11. The molecule has 1 saturated heterocycles. The second-order valence-corrected chi connectivity index (χ2v) is 5.63. The van der Waals surface area contributed by atoms with Gasteiger partial charge < -0.3 is 19.3 Å². The van der Waals surface area contributed by atoms with Gasteiger partial charge in [-0.3, -0.25) is 4.79 Å². The maximum Gasteiger partial charge on any atom is 0.254 e. The van der Waals surface area contributed by atoms with E-state index in [9.17, 15) is 4.79 Å². The molecule has 0 unspecified atom stereocenters. The molecule has 1 aliphatic heterocycles. The molecule has 2 aromatic rings. The normalized spacial score (nSPS) is 14.3. The van der Waals surface area contributed by atoms with Crippen molar-refractivity contribution in [3.05, 3.63) is 42.2 Å². The number of benzene rings is 1. The van der Waals surface area contributed by atoms with Crippen molar-refractivity contribution >= 4 is 11.9 Å². The minimum Gasteiger partial charge on any atom is -0.493 e. The van der Waals surface area contributed by atoms with Crippen molar-refractivity contribution in [3.63, 3.8) is 0 Å². The van der Waals surface area contributed by atoms with Crippen LogP contribution in [0.3, 0.4) is 0 Å². The number of aromatic nitrogens is 2. The molecule has 0 spiro atoms. The van der Waals surface area contributed by atoms with Crippen molar-refractivity contribution < 1.29 is 14.3 Å². The largest absolute Gasteiger partial charge is 0.493 e. The topological polar surface area (TPSA) is 67.8 Å². The summed E-state index contributed by atoms with van der Waals surface area (Å²) in [5, 5.41) is 0. The highest BCUT2D eigenvalue weighted by Gasteiger charge is 2.24. The molecule has 3 rings (SSSR count). The second-order valence-electron chi connectivity index (χ2n) is 5.63. The van der Waals surface area contributed by atoms with Crippen molar-refractivity contribution in [2.75, 3.05) is 44.8 Å². The quantitative estimate of drug-likeness (QED) is 0.826. The van der Waals surface area contributed by atoms with E-state index in [-0.39, 0.29) is 5.91 Å². The monoisotopic (exact) mass is 342 g/mol. The highest BCUT2D eigenvalue weighted by Crippen LogP contribution is 2.28. The predicted molar refractivity (Wildman–Crippen MR) is 94.3 cm³/mol. The summed E-state index contributed by atoms with van der Waals surface area (Å²) in [6, 6.07) is 7.09. The van der Waals surface area contributed by atoms with Crippen molar-refractivity contribution in [2.24, 2.45) is 0 Å². The van der Waals surface area contributed by atoms with Crippen molar-refractivity contribution in [1.82, 2.24) is 14.9 Å². The molecule has 1 aliphatic rings. The van der Waals surface area contributed by atoms with Crippen LogP contribution in [0.25, 0.3) is 0 Å². The van der Waals surface area contributed by atoms with Crippen LogP contribution < -0.4 is 14.4 Å². The van der Waals surface area contributed by atoms with Crippen LogP contribution in [-0.2, 0) is 0 Å². The van der Waals surface area contributed by atoms with Gasteiger partial charge in [0.2, 0.25) is 5.95 Å². The number of hydrogen-bond donors (Lipinski definition) is 0. The summed E-state index contributed by atoms with van der Waals surface area (Å²) in [7, 11) is 1.57. The Kier molecular flexibility index (Phi) is 5.33. The van der Waals surface area contributed by atoms with E-state index in [1.807, 2.05) is 11.8 Å². The molecule has 1 amide bonds. The van der Waals surface area contributed by atoms with Crippen LogP contribution in [0.5, 0.6) is 11.5 Å². The summed E-state index contributed by atoms with van der Waals surface area (Å²) in [4.78, 5) is 25.2. The molecule has 132 valence electrons. The van der Waals surface area contributed by atoms with Crippen molar-refractivity contribution in [2.45, 2.75) is 6.92 Å². The number of carbonyl (C=O) groups is 1. The van der Waals surface area contributed by atoms with E-state index in [2.05, 4.69) is 14.9 Å². The van der Waals surface area contributed by atoms with E-state index < -0.39 is 0 Å². The van der Waals surface area contributed by atoms with Crippen LogP contribution in [0.4, 0.5) is 5.95 Å². The molecule has 1 fully saturated rings. The maximum atomic E-state index is 12.8. The number of methoxy groups -OCH3 is 1. The molecule has 2 heterocycles. The summed E-state index contributed by atoms with van der Waals surface area (Å²) in [5.41, 5.74) is 0.602. The first-order valence-electron chi connectivity index (χ1n) is 8.35. The standard InChI is InChI=1S/C18H22N4O3/c1-3-25-15-6-5-14(13-16(15)24-2)17(23)21-9-11-22(12-10-21)18-19-7-4-8-20-18/h4-8,13H,3,9-12H2,1-2H3. The zero-order valence-electron chi connectivity index (χ0n) is 14.5. The van der Waals surface area contributed by atoms with Crippen molar-refractivity contribution in [3.8, 4) is 11.5 Å². The summed E-state index contributed by atoms with van der Waals surface area (Å²) < 4.78 is 10.8. The molecule has 0 saturated carbocycles. The molecule has 1 aromatic heterocycles. The summed E-state index contributed by atoms with van der Waals surface area (Å²) in [6.45, 7) is 5.15. The lowest BCUT2D eigenvalue weighted by Crippen LogP contribution is -2.49. The fourth-order valence-corrected chi connectivity index (χ4v) is 2.82. The van der Waals surface area contributed by atoms with E-state index in [1.165, 1.54) is 0 Å². The summed E-state index contributed by atoms with van der Waals surface area (Å²) >= 11 is 0. The lowest BCUT2D eigenvalue weighted by atomic mass is 10.1. The van der Waals surface area contributed by atoms with Crippen LogP contribution in [-0.4, -0.2) is 60.7 Å². The highest BCUT2D eigenvalue weighted by atomic mass is 16.5. The Bertz CT molecular complexity index is 716. The molecular weight excluding hydrogens is 320 g/mol. The van der Waals surface area contributed by atoms with Crippen molar-refractivity contribution in [1.29, 1.82) is 0 Å². The van der Waals surface area contributed by atoms with Gasteiger partial charge in [-0.05, 0) is 31.2 Å². The highest BCUT2D eigenvalue weighted by molar-refractivity contribution is 5.95. The number of rotatable bonds is 5. The summed E-state index contributed by atoms with van der Waals surface area (Å²) in [5.74, 6) is 1.92. The Morgan fingerprint density at radius 2 is 1.84 bits per heavy atom. The van der Waals surface area contributed by atoms with Gasteiger partial charge in [0.25, 0.3) is 5.91 Å². The zero-order valence-corrected chi connectivity index (χ0v) is 14.5. The third-order valence-corrected chi connectivity index (χ3v) is 4.11. The molecule has 7 nitrogen and oxygen atoms in total. The molecule has 0 bridgehead atoms. The smallest absolute Gasteiger partial charge is 0.254 e. The average Bonchev–Trinajstić information content (AvgIpc) is 2.69. The van der Waals surface area contributed by atoms with E-state index in [0.29, 0.717) is 55.8 Å². The van der Waals surface area contributed by atoms with Gasteiger partial charge in [0.15, 0.2) is 11.5 Å². The number of ether oxygens (including phenoxy) is 2. The fourth-order valence-electron chi connectivity index (χ4n) is 2.82. The van der Waals surface area contributed by atoms with E-state index >= 15 is 0 Å². The zero-order chi connectivity index (χ0) is 17.6. The Morgan fingerprint density at radius 3 is 2.48 bits per heavy atom. The first kappa shape index (κ1) is 17.0. The fraction of sp³-hybridized carbons (Fsp3) is 0.389. The molecular formula is C18H22N4O3. The summed E-state index contributed by atoms with van der Waals surface area (Å²) in [6.07, 6.45) is 3.46. The lowest BCUT2D eigenvalue weighted by Gasteiger charge is -2.34. The van der Waals surface area contributed by atoms with Gasteiger partial charge in [-0.2, -0.15) is 0 Å². The Balaban J connectivity index is 1.66. The van der Waals surface area contributed by atoms with Crippen LogP contribution >= 0.6 is 0 Å². The predicted octanol–water partition coefficient (Wildman–Crippen LogP) is 1.85. The number of anilines is 1. The Morgan fingerprint density at radius 1 is 1.12 bits per heavy atom. The van der Waals surface area contributed by atoms with E-state index in [1.54, 1.807) is 43.8 Å². The van der Waals surface area contributed by atoms with Gasteiger partial charge in [0.05, 0.1) is 13.7 Å². The molecule has 0 radical (unpaired) electrons. The number of hydrogen-bond acceptors (Lipinski definition) is 6. The second kappa shape index (κ2) is 7.83. The SMILES string of the molecule is CCOc1ccc(C(=O)N2CCN(c3ncccn3)CC2)cc1OC. The van der Waals surface area contributed by atoms with Gasteiger partial charge in [-0.1, -0.05) is 0 Å². The van der Waals surface area contributed by atoms with Gasteiger partial charge in [0.1, 0.15) is 0 Å². The number of nitrogens with zero attached hydrogens (tertiary/aromatic N) is 4. The van der Waals surface area contributed by atoms with Crippen LogP contribution in [0.1, 0.15) is 17.3 Å². The number of amides is 1.